The van der Waals surface area contributed by atoms with Crippen LogP contribution in [-0.2, 0) is 22.4 Å². The lowest BCUT2D eigenvalue weighted by molar-refractivity contribution is -0.116. The number of nitrogens with zero attached hydrogens (tertiary/aromatic N) is 1. The van der Waals surface area contributed by atoms with E-state index in [-0.39, 0.29) is 11.9 Å². The van der Waals surface area contributed by atoms with Gasteiger partial charge in [-0.3, -0.25) is 4.79 Å². The Morgan fingerprint density at radius 3 is 2.45 bits per heavy atom. The molecule has 1 aliphatic rings. The number of thiophene rings is 1. The first-order chi connectivity index (χ1) is 13.9. The topological polar surface area (TPSA) is 70.7 Å². The minimum Gasteiger partial charge on any atom is -0.465 e. The van der Waals surface area contributed by atoms with E-state index in [0.717, 1.165) is 47.6 Å². The van der Waals surface area contributed by atoms with Crippen molar-refractivity contribution in [3.8, 4) is 0 Å². The largest absolute Gasteiger partial charge is 0.465 e. The Bertz CT molecular complexity index is 922. The molecule has 1 aromatic heterocycles. The number of carbonyl (C=O) groups excluding carboxylic acids is 2. The van der Waals surface area contributed by atoms with E-state index in [1.807, 2.05) is 24.3 Å². The quantitative estimate of drug-likeness (QED) is 0.419. The molecule has 0 saturated heterocycles. The van der Waals surface area contributed by atoms with Crippen LogP contribution in [0.1, 0.15) is 47.0 Å². The second kappa shape index (κ2) is 9.37. The summed E-state index contributed by atoms with van der Waals surface area (Å²) in [5.41, 5.74) is 3.30. The number of fused-ring (bicyclic) bond motifs is 1. The summed E-state index contributed by atoms with van der Waals surface area (Å²) in [4.78, 5) is 26.7. The van der Waals surface area contributed by atoms with Crippen molar-refractivity contribution < 1.29 is 14.3 Å². The molecule has 0 fully saturated rings. The Labute approximate surface area is 180 Å². The summed E-state index contributed by atoms with van der Waals surface area (Å²) in [7, 11) is 3.13. The molecular formula is C21H25N3O3S2. The molecule has 154 valence electrons. The van der Waals surface area contributed by atoms with Crippen LogP contribution < -0.4 is 15.5 Å². The number of rotatable bonds is 4. The molecular weight excluding hydrogens is 406 g/mol. The molecule has 2 N–H and O–H groups in total. The molecule has 8 heteroatoms. The van der Waals surface area contributed by atoms with Crippen molar-refractivity contribution in [2.45, 2.75) is 39.0 Å². The molecule has 1 aromatic carbocycles. The van der Waals surface area contributed by atoms with E-state index < -0.39 is 0 Å². The molecule has 1 aliphatic carbocycles. The van der Waals surface area contributed by atoms with Crippen molar-refractivity contribution in [3.05, 3.63) is 40.3 Å². The van der Waals surface area contributed by atoms with E-state index in [1.54, 1.807) is 23.3 Å². The lowest BCUT2D eigenvalue weighted by atomic mass is 10.1. The van der Waals surface area contributed by atoms with Gasteiger partial charge in [-0.15, -0.1) is 11.3 Å². The number of hydrogen-bond acceptors (Lipinski definition) is 5. The van der Waals surface area contributed by atoms with E-state index in [1.165, 1.54) is 25.3 Å². The van der Waals surface area contributed by atoms with Crippen LogP contribution in [-0.4, -0.2) is 31.1 Å². The molecule has 0 spiro atoms. The fourth-order valence-corrected chi connectivity index (χ4v) is 4.93. The van der Waals surface area contributed by atoms with Crippen LogP contribution in [0.3, 0.4) is 0 Å². The molecule has 29 heavy (non-hydrogen) atoms. The van der Waals surface area contributed by atoms with Crippen LogP contribution in [0, 0.1) is 0 Å². The van der Waals surface area contributed by atoms with Crippen LogP contribution in [0.5, 0.6) is 0 Å². The Morgan fingerprint density at radius 1 is 1.10 bits per heavy atom. The van der Waals surface area contributed by atoms with Crippen LogP contribution in [0.2, 0.25) is 0 Å². The second-order valence-corrected chi connectivity index (χ2v) is 8.48. The van der Waals surface area contributed by atoms with Gasteiger partial charge in [-0.2, -0.15) is 0 Å². The first-order valence-electron chi connectivity index (χ1n) is 9.56. The summed E-state index contributed by atoms with van der Waals surface area (Å²) < 4.78 is 5.03. The van der Waals surface area contributed by atoms with Gasteiger partial charge in [-0.1, -0.05) is 6.42 Å². The van der Waals surface area contributed by atoms with Gasteiger partial charge in [0.1, 0.15) is 5.00 Å². The van der Waals surface area contributed by atoms with Crippen LogP contribution >= 0.6 is 23.6 Å². The summed E-state index contributed by atoms with van der Waals surface area (Å²) in [5, 5.41) is 7.45. The van der Waals surface area contributed by atoms with E-state index in [9.17, 15) is 9.59 Å². The lowest BCUT2D eigenvalue weighted by Gasteiger charge is -2.16. The van der Waals surface area contributed by atoms with E-state index >= 15 is 0 Å². The van der Waals surface area contributed by atoms with Crippen LogP contribution in [0.25, 0.3) is 0 Å². The SMILES string of the molecule is COC(=O)c1c(NC(=S)Nc2ccc(N(C)C(C)=O)cc2)sc2c1CCCCC2. The molecule has 0 radical (unpaired) electrons. The Kier molecular flexibility index (Phi) is 6.87. The maximum absolute atomic E-state index is 12.4. The summed E-state index contributed by atoms with van der Waals surface area (Å²) in [5.74, 6) is -0.359. The van der Waals surface area contributed by atoms with Gasteiger partial charge in [0.15, 0.2) is 5.11 Å². The van der Waals surface area contributed by atoms with Gasteiger partial charge in [0.25, 0.3) is 0 Å². The number of anilines is 3. The van der Waals surface area contributed by atoms with Gasteiger partial charge < -0.3 is 20.3 Å². The molecule has 0 saturated carbocycles. The normalized spacial score (nSPS) is 13.1. The van der Waals surface area contributed by atoms with Crippen molar-refractivity contribution >= 4 is 56.9 Å². The van der Waals surface area contributed by atoms with E-state index in [2.05, 4.69) is 10.6 Å². The van der Waals surface area contributed by atoms with Gasteiger partial charge in [0, 0.05) is 30.2 Å². The monoisotopic (exact) mass is 431 g/mol. The maximum atomic E-state index is 12.4. The zero-order valence-electron chi connectivity index (χ0n) is 16.8. The molecule has 0 aliphatic heterocycles. The van der Waals surface area contributed by atoms with Crippen molar-refractivity contribution in [1.29, 1.82) is 0 Å². The Balaban J connectivity index is 1.75. The zero-order chi connectivity index (χ0) is 21.0. The van der Waals surface area contributed by atoms with E-state index in [4.69, 9.17) is 17.0 Å². The third kappa shape index (κ3) is 4.94. The summed E-state index contributed by atoms with van der Waals surface area (Å²) in [6.07, 6.45) is 5.27. The van der Waals surface area contributed by atoms with Crippen molar-refractivity contribution in [3.63, 3.8) is 0 Å². The van der Waals surface area contributed by atoms with Crippen molar-refractivity contribution in [2.24, 2.45) is 0 Å². The number of methoxy groups -OCH3 is 1. The molecule has 1 amide bonds. The molecule has 6 nitrogen and oxygen atoms in total. The number of ether oxygens (including phenoxy) is 1. The number of carbonyl (C=O) groups is 2. The number of hydrogen-bond donors (Lipinski definition) is 2. The first-order valence-corrected chi connectivity index (χ1v) is 10.8. The highest BCUT2D eigenvalue weighted by atomic mass is 32.1. The standard InChI is InChI=1S/C21H25N3O3S2/c1-13(25)24(2)15-11-9-14(10-12-15)22-21(28)23-19-18(20(26)27-3)16-7-5-4-6-8-17(16)29-19/h9-12H,4-8H2,1-3H3,(H2,22,23,28). The minimum atomic E-state index is -0.327. The smallest absolute Gasteiger partial charge is 0.341 e. The average Bonchev–Trinajstić information content (AvgIpc) is 2.87. The van der Waals surface area contributed by atoms with Gasteiger partial charge in [0.2, 0.25) is 5.91 Å². The fraction of sp³-hybridized carbons (Fsp3) is 0.381. The molecule has 0 unspecified atom stereocenters. The summed E-state index contributed by atoms with van der Waals surface area (Å²) >= 11 is 7.05. The second-order valence-electron chi connectivity index (χ2n) is 6.96. The zero-order valence-corrected chi connectivity index (χ0v) is 18.5. The van der Waals surface area contributed by atoms with Gasteiger partial charge in [-0.05, 0) is 67.7 Å². The first kappa shape index (κ1) is 21.3. The molecule has 0 atom stereocenters. The van der Waals surface area contributed by atoms with Gasteiger partial charge >= 0.3 is 5.97 Å². The number of amides is 1. The predicted molar refractivity (Wildman–Crippen MR) is 122 cm³/mol. The predicted octanol–water partition coefficient (Wildman–Crippen LogP) is 4.60. The van der Waals surface area contributed by atoms with Crippen LogP contribution in [0.4, 0.5) is 16.4 Å². The van der Waals surface area contributed by atoms with Gasteiger partial charge in [-0.25, -0.2) is 4.79 Å². The fourth-order valence-electron chi connectivity index (χ4n) is 3.36. The number of esters is 1. The molecule has 1 heterocycles. The highest BCUT2D eigenvalue weighted by Gasteiger charge is 2.25. The summed E-state index contributed by atoms with van der Waals surface area (Å²) in [6, 6.07) is 7.40. The van der Waals surface area contributed by atoms with E-state index in [0.29, 0.717) is 10.7 Å². The van der Waals surface area contributed by atoms with Crippen LogP contribution in [0.15, 0.2) is 24.3 Å². The number of aryl methyl sites for hydroxylation is 1. The number of thiocarbonyl (C=S) groups is 1. The third-order valence-electron chi connectivity index (χ3n) is 5.02. The minimum absolute atomic E-state index is 0.0318. The molecule has 0 bridgehead atoms. The molecule has 3 rings (SSSR count). The Morgan fingerprint density at radius 2 is 1.79 bits per heavy atom. The highest BCUT2D eigenvalue weighted by Crippen LogP contribution is 2.38. The highest BCUT2D eigenvalue weighted by molar-refractivity contribution is 7.80. The Hall–Kier alpha value is -2.45. The average molecular weight is 432 g/mol. The lowest BCUT2D eigenvalue weighted by Crippen LogP contribution is -2.23. The number of nitrogens with one attached hydrogen (secondary N) is 2. The molecule has 2 aromatic rings. The number of benzene rings is 1. The maximum Gasteiger partial charge on any atom is 0.341 e. The van der Waals surface area contributed by atoms with Crippen molar-refractivity contribution in [2.75, 3.05) is 29.7 Å². The van der Waals surface area contributed by atoms with Crippen molar-refractivity contribution in [1.82, 2.24) is 0 Å². The van der Waals surface area contributed by atoms with Gasteiger partial charge in [0.05, 0.1) is 12.7 Å². The third-order valence-corrected chi connectivity index (χ3v) is 6.43. The summed E-state index contributed by atoms with van der Waals surface area (Å²) in [6.45, 7) is 1.52.